The van der Waals surface area contributed by atoms with E-state index in [0.717, 1.165) is 4.47 Å². The Hall–Kier alpha value is -2.49. The van der Waals surface area contributed by atoms with E-state index < -0.39 is 6.04 Å². The van der Waals surface area contributed by atoms with E-state index in [-0.39, 0.29) is 29.3 Å². The van der Waals surface area contributed by atoms with Crippen molar-refractivity contribution in [3.8, 4) is 0 Å². The molecule has 0 spiro atoms. The second-order valence-electron chi connectivity index (χ2n) is 6.88. The molecular weight excluding hydrogens is 504 g/mol. The van der Waals surface area contributed by atoms with Gasteiger partial charge in [0, 0.05) is 35.2 Å². The smallest absolute Gasteiger partial charge is 0.256 e. The SMILES string of the molecule is CC(=O)NCCN1C(=S)N(c2ccc(Cl)cc2)C(=O)[C@H]1CC(=O)Nc1ccc(Br)cc1. The average Bonchev–Trinajstić information content (AvgIpc) is 2.94. The van der Waals surface area contributed by atoms with Gasteiger partial charge in [0.25, 0.3) is 5.91 Å². The molecule has 1 heterocycles. The number of carbonyl (C=O) groups is 3. The highest BCUT2D eigenvalue weighted by Crippen LogP contribution is 2.28. The van der Waals surface area contributed by atoms with Crippen LogP contribution in [0.15, 0.2) is 53.0 Å². The summed E-state index contributed by atoms with van der Waals surface area (Å²) < 4.78 is 0.893. The molecule has 0 aliphatic carbocycles. The highest BCUT2D eigenvalue weighted by Gasteiger charge is 2.43. The van der Waals surface area contributed by atoms with Crippen LogP contribution in [0, 0.1) is 0 Å². The molecular formula is C21H20BrClN4O3S. The topological polar surface area (TPSA) is 81.8 Å². The van der Waals surface area contributed by atoms with Gasteiger partial charge < -0.3 is 15.5 Å². The first kappa shape index (κ1) is 23.2. The van der Waals surface area contributed by atoms with Crippen molar-refractivity contribution in [1.82, 2.24) is 10.2 Å². The van der Waals surface area contributed by atoms with Crippen LogP contribution in [0.3, 0.4) is 0 Å². The van der Waals surface area contributed by atoms with Crippen LogP contribution in [0.4, 0.5) is 11.4 Å². The Labute approximate surface area is 198 Å². The van der Waals surface area contributed by atoms with Gasteiger partial charge in [0.15, 0.2) is 5.11 Å². The van der Waals surface area contributed by atoms with Gasteiger partial charge >= 0.3 is 0 Å². The molecule has 1 aliphatic rings. The van der Waals surface area contributed by atoms with Gasteiger partial charge in [-0.15, -0.1) is 0 Å². The molecule has 0 saturated carbocycles. The fourth-order valence-corrected chi connectivity index (χ4v) is 3.99. The maximum absolute atomic E-state index is 13.2. The van der Waals surface area contributed by atoms with Crippen molar-refractivity contribution < 1.29 is 14.4 Å². The van der Waals surface area contributed by atoms with E-state index in [0.29, 0.717) is 29.5 Å². The van der Waals surface area contributed by atoms with Crippen LogP contribution in [0.5, 0.6) is 0 Å². The summed E-state index contributed by atoms with van der Waals surface area (Å²) in [6.07, 6.45) is -0.0841. The van der Waals surface area contributed by atoms with E-state index >= 15 is 0 Å². The second-order valence-corrected chi connectivity index (χ2v) is 8.60. The minimum absolute atomic E-state index is 0.0841. The van der Waals surface area contributed by atoms with Crippen molar-refractivity contribution in [1.29, 1.82) is 0 Å². The molecule has 162 valence electrons. The number of anilines is 2. The van der Waals surface area contributed by atoms with Crippen molar-refractivity contribution in [3.63, 3.8) is 0 Å². The molecule has 1 fully saturated rings. The number of halogens is 2. The summed E-state index contributed by atoms with van der Waals surface area (Å²) in [5.74, 6) is -0.803. The number of carbonyl (C=O) groups excluding carboxylic acids is 3. The standard InChI is InChI=1S/C21H20BrClN4O3S/c1-13(28)24-10-11-26-18(12-19(29)25-16-6-2-14(22)3-7-16)20(30)27(21(26)31)17-8-4-15(23)5-9-17/h2-9,18H,10-12H2,1H3,(H,24,28)(H,25,29)/t18-/m1/s1. The summed E-state index contributed by atoms with van der Waals surface area (Å²) in [4.78, 5) is 40.2. The third-order valence-electron chi connectivity index (χ3n) is 4.64. The lowest BCUT2D eigenvalue weighted by Crippen LogP contribution is -2.42. The van der Waals surface area contributed by atoms with Gasteiger partial charge in [-0.1, -0.05) is 27.5 Å². The Kier molecular flexibility index (Phi) is 7.64. The van der Waals surface area contributed by atoms with Gasteiger partial charge in [-0.25, -0.2) is 0 Å². The van der Waals surface area contributed by atoms with Crippen molar-refractivity contribution in [2.45, 2.75) is 19.4 Å². The fraction of sp³-hybridized carbons (Fsp3) is 0.238. The zero-order valence-electron chi connectivity index (χ0n) is 16.6. The van der Waals surface area contributed by atoms with E-state index in [2.05, 4.69) is 26.6 Å². The number of nitrogens with zero attached hydrogens (tertiary/aromatic N) is 2. The van der Waals surface area contributed by atoms with E-state index in [4.69, 9.17) is 23.8 Å². The third kappa shape index (κ3) is 5.81. The molecule has 0 bridgehead atoms. The summed E-state index contributed by atoms with van der Waals surface area (Å²) in [5.41, 5.74) is 1.19. The minimum Gasteiger partial charge on any atom is -0.355 e. The van der Waals surface area contributed by atoms with Gasteiger partial charge in [-0.2, -0.15) is 0 Å². The highest BCUT2D eigenvalue weighted by molar-refractivity contribution is 9.10. The van der Waals surface area contributed by atoms with Crippen molar-refractivity contribution >= 4 is 74.0 Å². The zero-order valence-corrected chi connectivity index (χ0v) is 19.8. The largest absolute Gasteiger partial charge is 0.355 e. The van der Waals surface area contributed by atoms with Crippen LogP contribution in [0.2, 0.25) is 5.02 Å². The average molecular weight is 524 g/mol. The van der Waals surface area contributed by atoms with Crippen LogP contribution in [0.1, 0.15) is 13.3 Å². The van der Waals surface area contributed by atoms with Crippen LogP contribution >= 0.6 is 39.7 Å². The van der Waals surface area contributed by atoms with E-state index in [1.807, 2.05) is 12.1 Å². The number of nitrogens with one attached hydrogen (secondary N) is 2. The van der Waals surface area contributed by atoms with Crippen LogP contribution in [-0.4, -0.2) is 46.9 Å². The zero-order chi connectivity index (χ0) is 22.5. The van der Waals surface area contributed by atoms with Crippen molar-refractivity contribution in [2.75, 3.05) is 23.3 Å². The molecule has 1 saturated heterocycles. The summed E-state index contributed by atoms with van der Waals surface area (Å²) in [5, 5.41) is 6.31. The maximum atomic E-state index is 13.2. The Morgan fingerprint density at radius 2 is 1.77 bits per heavy atom. The number of benzene rings is 2. The molecule has 2 aromatic carbocycles. The number of thiocarbonyl (C=S) groups is 1. The Bertz CT molecular complexity index is 1000. The normalized spacial score (nSPS) is 15.9. The lowest BCUT2D eigenvalue weighted by molar-refractivity contribution is -0.124. The number of rotatable bonds is 7. The van der Waals surface area contributed by atoms with Gasteiger partial charge in [-0.05, 0) is 60.7 Å². The fourth-order valence-electron chi connectivity index (χ4n) is 3.19. The first-order valence-corrected chi connectivity index (χ1v) is 11.0. The molecule has 1 atom stereocenters. The van der Waals surface area contributed by atoms with E-state index in [9.17, 15) is 14.4 Å². The van der Waals surface area contributed by atoms with Crippen molar-refractivity contribution in [3.05, 3.63) is 58.0 Å². The Balaban J connectivity index is 1.79. The quantitative estimate of drug-likeness (QED) is 0.542. The third-order valence-corrected chi connectivity index (χ3v) is 5.83. The molecule has 0 unspecified atom stereocenters. The number of hydrogen-bond donors (Lipinski definition) is 2. The summed E-state index contributed by atoms with van der Waals surface area (Å²) in [6.45, 7) is 2.00. The molecule has 2 aromatic rings. The lowest BCUT2D eigenvalue weighted by Gasteiger charge is -2.24. The van der Waals surface area contributed by atoms with Gasteiger partial charge in [0.2, 0.25) is 11.8 Å². The molecule has 2 N–H and O–H groups in total. The maximum Gasteiger partial charge on any atom is 0.256 e. The molecule has 10 heteroatoms. The van der Waals surface area contributed by atoms with Crippen LogP contribution < -0.4 is 15.5 Å². The summed E-state index contributed by atoms with van der Waals surface area (Å²) in [7, 11) is 0. The predicted molar refractivity (Wildman–Crippen MR) is 128 cm³/mol. The minimum atomic E-state index is -0.785. The molecule has 1 aliphatic heterocycles. The van der Waals surface area contributed by atoms with Crippen molar-refractivity contribution in [2.24, 2.45) is 0 Å². The molecule has 3 amide bonds. The van der Waals surface area contributed by atoms with Gasteiger partial charge in [0.1, 0.15) is 6.04 Å². The molecule has 3 rings (SSSR count). The van der Waals surface area contributed by atoms with Crippen LogP contribution in [-0.2, 0) is 14.4 Å². The van der Waals surface area contributed by atoms with E-state index in [1.165, 1.54) is 11.8 Å². The Morgan fingerprint density at radius 1 is 1.13 bits per heavy atom. The highest BCUT2D eigenvalue weighted by atomic mass is 79.9. The first-order chi connectivity index (χ1) is 14.8. The lowest BCUT2D eigenvalue weighted by atomic mass is 10.1. The first-order valence-electron chi connectivity index (χ1n) is 9.46. The van der Waals surface area contributed by atoms with Gasteiger partial charge in [-0.3, -0.25) is 19.3 Å². The summed E-state index contributed by atoms with van der Waals surface area (Å²) in [6, 6.07) is 13.1. The monoisotopic (exact) mass is 522 g/mol. The Morgan fingerprint density at radius 3 is 2.39 bits per heavy atom. The van der Waals surface area contributed by atoms with Gasteiger partial charge in [0.05, 0.1) is 12.1 Å². The molecule has 31 heavy (non-hydrogen) atoms. The second kappa shape index (κ2) is 10.2. The predicted octanol–water partition coefficient (Wildman–Crippen LogP) is 3.57. The summed E-state index contributed by atoms with van der Waals surface area (Å²) >= 11 is 14.9. The molecule has 0 radical (unpaired) electrons. The van der Waals surface area contributed by atoms with E-state index in [1.54, 1.807) is 41.3 Å². The molecule has 0 aromatic heterocycles. The number of hydrogen-bond acceptors (Lipinski definition) is 4. The van der Waals surface area contributed by atoms with Crippen LogP contribution in [0.25, 0.3) is 0 Å². The molecule has 7 nitrogen and oxygen atoms in total. The number of amides is 3.